The van der Waals surface area contributed by atoms with Crippen LogP contribution in [0.4, 0.5) is 4.79 Å². The van der Waals surface area contributed by atoms with Crippen molar-refractivity contribution >= 4 is 6.09 Å². The van der Waals surface area contributed by atoms with Crippen LogP contribution in [-0.4, -0.2) is 11.7 Å². The largest absolute Gasteiger partial charge is 0.444 e. The minimum Gasteiger partial charge on any atom is -0.444 e. The molecule has 0 saturated heterocycles. The Labute approximate surface area is 179 Å². The molecule has 156 valence electrons. The second kappa shape index (κ2) is 10.1. The van der Waals surface area contributed by atoms with Crippen LogP contribution < -0.4 is 10.6 Å². The fraction of sp³-hybridized carbons (Fsp3) is 0.269. The maximum Gasteiger partial charge on any atom is 0.407 e. The number of benzene rings is 3. The summed E-state index contributed by atoms with van der Waals surface area (Å²) in [5, 5.41) is 6.29. The third kappa shape index (κ3) is 7.05. The Bertz CT molecular complexity index is 945. The molecule has 0 saturated carbocycles. The molecule has 3 aromatic rings. The van der Waals surface area contributed by atoms with E-state index in [9.17, 15) is 4.79 Å². The molecular weight excluding hydrogens is 372 g/mol. The molecule has 0 fully saturated rings. The molecule has 2 N–H and O–H groups in total. The molecule has 0 spiro atoms. The molecule has 1 amide bonds. The van der Waals surface area contributed by atoms with Crippen molar-refractivity contribution in [2.45, 2.75) is 46.0 Å². The van der Waals surface area contributed by atoms with Gasteiger partial charge in [0.05, 0.1) is 0 Å². The Hall–Kier alpha value is -3.11. The Morgan fingerprint density at radius 1 is 0.733 bits per heavy atom. The van der Waals surface area contributed by atoms with Gasteiger partial charge < -0.3 is 15.4 Å². The molecular formula is C26H30N2O2. The number of nitrogens with one attached hydrogen (secondary N) is 2. The molecule has 4 heteroatoms. The summed E-state index contributed by atoms with van der Waals surface area (Å²) in [6, 6.07) is 27.2. The fourth-order valence-corrected chi connectivity index (χ4v) is 3.13. The van der Waals surface area contributed by atoms with E-state index in [1.54, 1.807) is 0 Å². The lowest BCUT2D eigenvalue weighted by Crippen LogP contribution is -2.32. The average molecular weight is 403 g/mol. The van der Waals surface area contributed by atoms with E-state index in [0.29, 0.717) is 6.54 Å². The van der Waals surface area contributed by atoms with Gasteiger partial charge in [0.2, 0.25) is 0 Å². The third-order valence-electron chi connectivity index (χ3n) is 4.55. The lowest BCUT2D eigenvalue weighted by atomic mass is 10.0. The minimum atomic E-state index is -0.491. The number of hydrogen-bond acceptors (Lipinski definition) is 3. The highest BCUT2D eigenvalue weighted by molar-refractivity contribution is 5.67. The van der Waals surface area contributed by atoms with Crippen LogP contribution in [0.5, 0.6) is 0 Å². The van der Waals surface area contributed by atoms with Gasteiger partial charge >= 0.3 is 6.09 Å². The van der Waals surface area contributed by atoms with E-state index in [4.69, 9.17) is 4.74 Å². The summed E-state index contributed by atoms with van der Waals surface area (Å²) in [6.07, 6.45) is -0.398. The van der Waals surface area contributed by atoms with E-state index in [1.165, 1.54) is 22.3 Å². The number of amides is 1. The highest BCUT2D eigenvalue weighted by Gasteiger charge is 2.15. The summed E-state index contributed by atoms with van der Waals surface area (Å²) < 4.78 is 5.28. The number of rotatable bonds is 7. The highest BCUT2D eigenvalue weighted by Crippen LogP contribution is 2.19. The van der Waals surface area contributed by atoms with Gasteiger partial charge in [-0.1, -0.05) is 78.9 Å². The van der Waals surface area contributed by atoms with Crippen LogP contribution in [0.15, 0.2) is 78.9 Å². The van der Waals surface area contributed by atoms with Crippen LogP contribution in [0.1, 0.15) is 37.5 Å². The molecule has 0 bridgehead atoms. The zero-order valence-electron chi connectivity index (χ0n) is 17.9. The lowest BCUT2D eigenvalue weighted by molar-refractivity contribution is 0.0523. The third-order valence-corrected chi connectivity index (χ3v) is 4.55. The molecule has 4 nitrogen and oxygen atoms in total. The predicted molar refractivity (Wildman–Crippen MR) is 122 cm³/mol. The van der Waals surface area contributed by atoms with E-state index >= 15 is 0 Å². The maximum absolute atomic E-state index is 11.8. The Morgan fingerprint density at radius 3 is 2.00 bits per heavy atom. The molecule has 0 heterocycles. The summed E-state index contributed by atoms with van der Waals surface area (Å²) in [6.45, 7) is 7.58. The van der Waals surface area contributed by atoms with E-state index in [2.05, 4.69) is 71.3 Å². The monoisotopic (exact) mass is 402 g/mol. The first-order valence-corrected chi connectivity index (χ1v) is 10.3. The Morgan fingerprint density at radius 2 is 1.33 bits per heavy atom. The van der Waals surface area contributed by atoms with Gasteiger partial charge in [-0.05, 0) is 48.6 Å². The van der Waals surface area contributed by atoms with Crippen molar-refractivity contribution in [2.24, 2.45) is 0 Å². The van der Waals surface area contributed by atoms with Crippen molar-refractivity contribution in [1.29, 1.82) is 0 Å². The quantitative estimate of drug-likeness (QED) is 0.535. The molecule has 0 aliphatic carbocycles. The highest BCUT2D eigenvalue weighted by atomic mass is 16.6. The zero-order chi connectivity index (χ0) is 21.4. The van der Waals surface area contributed by atoms with Crippen molar-refractivity contribution in [3.05, 3.63) is 95.6 Å². The number of alkyl carbamates (subject to hydrolysis) is 1. The van der Waals surface area contributed by atoms with Crippen molar-refractivity contribution in [2.75, 3.05) is 0 Å². The zero-order valence-corrected chi connectivity index (χ0v) is 17.9. The number of hydrogen-bond donors (Lipinski definition) is 2. The van der Waals surface area contributed by atoms with Gasteiger partial charge in [-0.3, -0.25) is 0 Å². The van der Waals surface area contributed by atoms with Crippen LogP contribution in [0.2, 0.25) is 0 Å². The summed E-state index contributed by atoms with van der Waals surface area (Å²) >= 11 is 0. The first-order valence-electron chi connectivity index (χ1n) is 10.3. The number of ether oxygens (including phenoxy) is 1. The number of carbonyl (C=O) groups excluding carboxylic acids is 1. The molecule has 3 rings (SSSR count). The fourth-order valence-electron chi connectivity index (χ4n) is 3.13. The van der Waals surface area contributed by atoms with Crippen LogP contribution in [-0.2, 0) is 24.4 Å². The Balaban J connectivity index is 1.47. The molecule has 0 unspecified atom stereocenters. The van der Waals surface area contributed by atoms with E-state index in [0.717, 1.165) is 18.7 Å². The second-order valence-corrected chi connectivity index (χ2v) is 8.34. The molecule has 0 aliphatic rings. The summed E-state index contributed by atoms with van der Waals surface area (Å²) in [5.41, 5.74) is 5.44. The topological polar surface area (TPSA) is 50.4 Å². The second-order valence-electron chi connectivity index (χ2n) is 8.34. The smallest absolute Gasteiger partial charge is 0.407 e. The van der Waals surface area contributed by atoms with E-state index in [-0.39, 0.29) is 0 Å². The minimum absolute atomic E-state index is 0.398. The standard InChI is InChI=1S/C26H30N2O2/c1-26(2,3)30-25(29)28-19-22-9-7-8-21(16-22)18-27-17-20-12-14-24(15-13-20)23-10-5-4-6-11-23/h4-16,27H,17-19H2,1-3H3,(H,28,29). The summed E-state index contributed by atoms with van der Waals surface area (Å²) in [5.74, 6) is 0. The average Bonchev–Trinajstić information content (AvgIpc) is 2.73. The van der Waals surface area contributed by atoms with Crippen LogP contribution in [0.25, 0.3) is 11.1 Å². The molecule has 0 aliphatic heterocycles. The summed E-state index contributed by atoms with van der Waals surface area (Å²) in [7, 11) is 0. The lowest BCUT2D eigenvalue weighted by Gasteiger charge is -2.19. The van der Waals surface area contributed by atoms with Gasteiger partial charge in [-0.2, -0.15) is 0 Å². The van der Waals surface area contributed by atoms with Gasteiger partial charge in [0, 0.05) is 19.6 Å². The molecule has 30 heavy (non-hydrogen) atoms. The maximum atomic E-state index is 11.8. The van der Waals surface area contributed by atoms with Crippen LogP contribution in [0, 0.1) is 0 Å². The number of carbonyl (C=O) groups is 1. The van der Waals surface area contributed by atoms with Gasteiger partial charge in [-0.25, -0.2) is 4.79 Å². The normalized spacial score (nSPS) is 11.2. The SMILES string of the molecule is CC(C)(C)OC(=O)NCc1cccc(CNCc2ccc(-c3ccccc3)cc2)c1. The molecule has 3 aromatic carbocycles. The van der Waals surface area contributed by atoms with E-state index < -0.39 is 11.7 Å². The van der Waals surface area contributed by atoms with Crippen LogP contribution >= 0.6 is 0 Å². The van der Waals surface area contributed by atoms with Gasteiger partial charge in [0.15, 0.2) is 0 Å². The van der Waals surface area contributed by atoms with Crippen molar-refractivity contribution in [3.63, 3.8) is 0 Å². The predicted octanol–water partition coefficient (Wildman–Crippen LogP) is 5.67. The first-order chi connectivity index (χ1) is 14.4. The Kier molecular flexibility index (Phi) is 7.26. The first kappa shape index (κ1) is 21.6. The molecule has 0 radical (unpaired) electrons. The summed E-state index contributed by atoms with van der Waals surface area (Å²) in [4.78, 5) is 11.8. The van der Waals surface area contributed by atoms with Gasteiger partial charge in [0.25, 0.3) is 0 Å². The van der Waals surface area contributed by atoms with Gasteiger partial charge in [0.1, 0.15) is 5.60 Å². The van der Waals surface area contributed by atoms with Crippen molar-refractivity contribution in [1.82, 2.24) is 10.6 Å². The van der Waals surface area contributed by atoms with Crippen LogP contribution in [0.3, 0.4) is 0 Å². The van der Waals surface area contributed by atoms with Crippen molar-refractivity contribution < 1.29 is 9.53 Å². The van der Waals surface area contributed by atoms with E-state index in [1.807, 2.05) is 39.0 Å². The molecule has 0 atom stereocenters. The van der Waals surface area contributed by atoms with Crippen molar-refractivity contribution in [3.8, 4) is 11.1 Å². The molecule has 0 aromatic heterocycles. The van der Waals surface area contributed by atoms with Gasteiger partial charge in [-0.15, -0.1) is 0 Å².